The molecule has 1 aliphatic heterocycles. The minimum Gasteiger partial charge on any atom is -0.378 e. The first-order valence-electron chi connectivity index (χ1n) is 8.44. The number of benzene rings is 1. The highest BCUT2D eigenvalue weighted by Crippen LogP contribution is 2.21. The molecular weight excluding hydrogens is 302 g/mol. The molecule has 3 rings (SSSR count). The molecule has 1 fully saturated rings. The van der Waals surface area contributed by atoms with E-state index in [1.165, 1.54) is 0 Å². The van der Waals surface area contributed by atoms with Gasteiger partial charge < -0.3 is 9.64 Å². The summed E-state index contributed by atoms with van der Waals surface area (Å²) in [5, 5.41) is 4.64. The number of hydrogen-bond acceptors (Lipinski definition) is 3. The van der Waals surface area contributed by atoms with Crippen molar-refractivity contribution in [1.29, 1.82) is 0 Å². The Bertz CT molecular complexity index is 692. The standard InChI is InChI=1S/C19H25N3O2/c1-19(2,3)17-8-9-22(20-17)16-6-4-15(5-7-16)14-18(23)21-10-12-24-13-11-21/h4-9H,10-14H2,1-3H3. The van der Waals surface area contributed by atoms with Gasteiger partial charge in [-0.3, -0.25) is 4.79 Å². The highest BCUT2D eigenvalue weighted by atomic mass is 16.5. The van der Waals surface area contributed by atoms with Gasteiger partial charge in [-0.1, -0.05) is 32.9 Å². The van der Waals surface area contributed by atoms with Gasteiger partial charge in [0.1, 0.15) is 0 Å². The van der Waals surface area contributed by atoms with Crippen molar-refractivity contribution >= 4 is 5.91 Å². The lowest BCUT2D eigenvalue weighted by Crippen LogP contribution is -2.41. The summed E-state index contributed by atoms with van der Waals surface area (Å²) in [5.41, 5.74) is 3.14. The van der Waals surface area contributed by atoms with E-state index in [9.17, 15) is 4.79 Å². The molecule has 1 saturated heterocycles. The predicted molar refractivity (Wildman–Crippen MR) is 93.4 cm³/mol. The van der Waals surface area contributed by atoms with Crippen LogP contribution in [-0.4, -0.2) is 46.9 Å². The maximum atomic E-state index is 12.3. The number of ether oxygens (including phenoxy) is 1. The van der Waals surface area contributed by atoms with Crippen LogP contribution >= 0.6 is 0 Å². The number of morpholine rings is 1. The summed E-state index contributed by atoms with van der Waals surface area (Å²) >= 11 is 0. The van der Waals surface area contributed by atoms with Gasteiger partial charge in [-0.2, -0.15) is 5.10 Å². The molecule has 0 spiro atoms. The number of aromatic nitrogens is 2. The highest BCUT2D eigenvalue weighted by molar-refractivity contribution is 5.78. The Balaban J connectivity index is 1.67. The number of hydrogen-bond donors (Lipinski definition) is 0. The third kappa shape index (κ3) is 3.85. The Kier molecular flexibility index (Phi) is 4.71. The quantitative estimate of drug-likeness (QED) is 0.870. The van der Waals surface area contributed by atoms with E-state index in [1.807, 2.05) is 40.0 Å². The van der Waals surface area contributed by atoms with E-state index in [1.54, 1.807) is 0 Å². The molecule has 2 aromatic rings. The Morgan fingerprint density at radius 3 is 2.38 bits per heavy atom. The average Bonchev–Trinajstić information content (AvgIpc) is 3.07. The first-order valence-corrected chi connectivity index (χ1v) is 8.44. The zero-order chi connectivity index (χ0) is 17.2. The van der Waals surface area contributed by atoms with Crippen LogP contribution in [0.1, 0.15) is 32.0 Å². The number of carbonyl (C=O) groups is 1. The van der Waals surface area contributed by atoms with E-state index >= 15 is 0 Å². The smallest absolute Gasteiger partial charge is 0.227 e. The molecule has 0 N–H and O–H groups in total. The van der Waals surface area contributed by atoms with E-state index in [2.05, 4.69) is 31.9 Å². The molecule has 5 heteroatoms. The zero-order valence-electron chi connectivity index (χ0n) is 14.7. The van der Waals surface area contributed by atoms with Crippen molar-refractivity contribution in [3.8, 4) is 5.69 Å². The van der Waals surface area contributed by atoms with Gasteiger partial charge in [-0.25, -0.2) is 4.68 Å². The molecule has 0 radical (unpaired) electrons. The Morgan fingerprint density at radius 1 is 1.12 bits per heavy atom. The van der Waals surface area contributed by atoms with Gasteiger partial charge in [0.2, 0.25) is 5.91 Å². The van der Waals surface area contributed by atoms with Crippen molar-refractivity contribution < 1.29 is 9.53 Å². The van der Waals surface area contributed by atoms with Gasteiger partial charge in [0.05, 0.1) is 31.0 Å². The first-order chi connectivity index (χ1) is 11.4. The first kappa shape index (κ1) is 16.7. The second kappa shape index (κ2) is 6.77. The molecule has 0 atom stereocenters. The van der Waals surface area contributed by atoms with Gasteiger partial charge in [0.25, 0.3) is 0 Å². The normalized spacial score (nSPS) is 15.5. The van der Waals surface area contributed by atoms with E-state index in [0.717, 1.165) is 16.9 Å². The van der Waals surface area contributed by atoms with Crippen molar-refractivity contribution in [3.05, 3.63) is 47.8 Å². The maximum absolute atomic E-state index is 12.3. The largest absolute Gasteiger partial charge is 0.378 e. The molecule has 2 heterocycles. The second-order valence-corrected chi connectivity index (χ2v) is 7.23. The zero-order valence-corrected chi connectivity index (χ0v) is 14.7. The highest BCUT2D eigenvalue weighted by Gasteiger charge is 2.18. The van der Waals surface area contributed by atoms with Crippen LogP contribution < -0.4 is 0 Å². The summed E-state index contributed by atoms with van der Waals surface area (Å²) in [6.07, 6.45) is 2.42. The lowest BCUT2D eigenvalue weighted by atomic mass is 9.93. The van der Waals surface area contributed by atoms with Gasteiger partial charge in [-0.15, -0.1) is 0 Å². The molecule has 1 aliphatic rings. The molecule has 1 aromatic carbocycles. The summed E-state index contributed by atoms with van der Waals surface area (Å²) in [6.45, 7) is 9.12. The molecule has 5 nitrogen and oxygen atoms in total. The van der Waals surface area contributed by atoms with E-state index in [4.69, 9.17) is 4.74 Å². The molecule has 0 saturated carbocycles. The molecule has 0 bridgehead atoms. The van der Waals surface area contributed by atoms with Gasteiger partial charge in [-0.05, 0) is 23.8 Å². The van der Waals surface area contributed by atoms with E-state index < -0.39 is 0 Å². The number of carbonyl (C=O) groups excluding carboxylic acids is 1. The van der Waals surface area contributed by atoms with Crippen LogP contribution in [0.15, 0.2) is 36.5 Å². The van der Waals surface area contributed by atoms with Crippen molar-refractivity contribution in [2.24, 2.45) is 0 Å². The number of nitrogens with zero attached hydrogens (tertiary/aromatic N) is 3. The van der Waals surface area contributed by atoms with Crippen LogP contribution in [0.25, 0.3) is 5.69 Å². The van der Waals surface area contributed by atoms with Crippen LogP contribution in [0.2, 0.25) is 0 Å². The van der Waals surface area contributed by atoms with Crippen molar-refractivity contribution in [2.75, 3.05) is 26.3 Å². The summed E-state index contributed by atoms with van der Waals surface area (Å²) in [6, 6.07) is 10.1. The van der Waals surface area contributed by atoms with E-state index in [-0.39, 0.29) is 11.3 Å². The molecule has 0 unspecified atom stereocenters. The molecule has 24 heavy (non-hydrogen) atoms. The monoisotopic (exact) mass is 327 g/mol. The molecule has 1 amide bonds. The summed E-state index contributed by atoms with van der Waals surface area (Å²) in [7, 11) is 0. The van der Waals surface area contributed by atoms with Crippen LogP contribution in [0, 0.1) is 0 Å². The SMILES string of the molecule is CC(C)(C)c1ccn(-c2ccc(CC(=O)N3CCOCC3)cc2)n1. The van der Waals surface area contributed by atoms with Crippen LogP contribution in [0.5, 0.6) is 0 Å². The van der Waals surface area contributed by atoms with E-state index in [0.29, 0.717) is 32.7 Å². The fraction of sp³-hybridized carbons (Fsp3) is 0.474. The summed E-state index contributed by atoms with van der Waals surface area (Å²) < 4.78 is 7.17. The predicted octanol–water partition coefficient (Wildman–Crippen LogP) is 2.57. The van der Waals surface area contributed by atoms with Crippen LogP contribution in [0.3, 0.4) is 0 Å². The van der Waals surface area contributed by atoms with Gasteiger partial charge in [0, 0.05) is 24.7 Å². The molecule has 0 aliphatic carbocycles. The number of amides is 1. The maximum Gasteiger partial charge on any atom is 0.227 e. The fourth-order valence-electron chi connectivity index (χ4n) is 2.73. The Labute approximate surface area is 143 Å². The van der Waals surface area contributed by atoms with Crippen LogP contribution in [0.4, 0.5) is 0 Å². The van der Waals surface area contributed by atoms with Gasteiger partial charge in [0.15, 0.2) is 0 Å². The lowest BCUT2D eigenvalue weighted by molar-refractivity contribution is -0.134. The minimum atomic E-state index is 0.0375. The lowest BCUT2D eigenvalue weighted by Gasteiger charge is -2.26. The molecule has 128 valence electrons. The van der Waals surface area contributed by atoms with Gasteiger partial charge >= 0.3 is 0 Å². The average molecular weight is 327 g/mol. The summed E-state index contributed by atoms with van der Waals surface area (Å²) in [5.74, 6) is 0.167. The minimum absolute atomic E-state index is 0.0375. The molecule has 1 aromatic heterocycles. The second-order valence-electron chi connectivity index (χ2n) is 7.23. The third-order valence-electron chi connectivity index (χ3n) is 4.28. The van der Waals surface area contributed by atoms with Crippen LogP contribution in [-0.2, 0) is 21.4 Å². The molecular formula is C19H25N3O2. The van der Waals surface area contributed by atoms with Crippen molar-refractivity contribution in [2.45, 2.75) is 32.6 Å². The number of rotatable bonds is 3. The van der Waals surface area contributed by atoms with Crippen molar-refractivity contribution in [1.82, 2.24) is 14.7 Å². The third-order valence-corrected chi connectivity index (χ3v) is 4.28. The Hall–Kier alpha value is -2.14. The fourth-order valence-corrected chi connectivity index (χ4v) is 2.73. The van der Waals surface area contributed by atoms with Crippen molar-refractivity contribution in [3.63, 3.8) is 0 Å². The topological polar surface area (TPSA) is 47.4 Å². The Morgan fingerprint density at radius 2 is 1.79 bits per heavy atom. The summed E-state index contributed by atoms with van der Waals surface area (Å²) in [4.78, 5) is 14.2.